The first kappa shape index (κ1) is 13.6. The SMILES string of the molecule is Cc1cc2c(n1CCNS(C)(=O)=O)CCCC2N. The predicted molar refractivity (Wildman–Crippen MR) is 71.9 cm³/mol. The van der Waals surface area contributed by atoms with Crippen LogP contribution in [-0.4, -0.2) is 25.8 Å². The van der Waals surface area contributed by atoms with Gasteiger partial charge in [-0.1, -0.05) is 0 Å². The number of sulfonamides is 1. The topological polar surface area (TPSA) is 77.1 Å². The van der Waals surface area contributed by atoms with Crippen molar-refractivity contribution in [2.75, 3.05) is 12.8 Å². The van der Waals surface area contributed by atoms with E-state index in [-0.39, 0.29) is 6.04 Å². The maximum Gasteiger partial charge on any atom is 0.208 e. The molecule has 1 aromatic rings. The summed E-state index contributed by atoms with van der Waals surface area (Å²) in [5, 5.41) is 0. The van der Waals surface area contributed by atoms with E-state index in [1.54, 1.807) is 0 Å². The van der Waals surface area contributed by atoms with Crippen LogP contribution in [0, 0.1) is 6.92 Å². The molecule has 18 heavy (non-hydrogen) atoms. The van der Waals surface area contributed by atoms with Gasteiger partial charge in [0.15, 0.2) is 0 Å². The molecule has 0 fully saturated rings. The summed E-state index contributed by atoms with van der Waals surface area (Å²) < 4.78 is 26.8. The third kappa shape index (κ3) is 2.93. The molecule has 2 rings (SSSR count). The summed E-state index contributed by atoms with van der Waals surface area (Å²) in [7, 11) is -3.11. The van der Waals surface area contributed by atoms with Crippen LogP contribution in [0.15, 0.2) is 6.07 Å². The fraction of sp³-hybridized carbons (Fsp3) is 0.667. The highest BCUT2D eigenvalue weighted by molar-refractivity contribution is 7.88. The minimum Gasteiger partial charge on any atom is -0.347 e. The van der Waals surface area contributed by atoms with Crippen molar-refractivity contribution in [2.24, 2.45) is 5.73 Å². The van der Waals surface area contributed by atoms with Gasteiger partial charge in [-0.3, -0.25) is 0 Å². The van der Waals surface area contributed by atoms with Crippen LogP contribution >= 0.6 is 0 Å². The van der Waals surface area contributed by atoms with E-state index < -0.39 is 10.0 Å². The molecule has 0 saturated carbocycles. The van der Waals surface area contributed by atoms with E-state index in [1.165, 1.54) is 17.5 Å². The number of rotatable bonds is 4. The Hall–Kier alpha value is -0.850. The zero-order valence-corrected chi connectivity index (χ0v) is 11.8. The average molecular weight is 271 g/mol. The van der Waals surface area contributed by atoms with E-state index in [9.17, 15) is 8.42 Å². The summed E-state index contributed by atoms with van der Waals surface area (Å²) in [5.74, 6) is 0. The molecule has 1 aromatic heterocycles. The maximum atomic E-state index is 11.0. The first-order valence-electron chi connectivity index (χ1n) is 6.27. The van der Waals surface area contributed by atoms with E-state index in [4.69, 9.17) is 5.73 Å². The van der Waals surface area contributed by atoms with Crippen LogP contribution < -0.4 is 10.5 Å². The fourth-order valence-electron chi connectivity index (χ4n) is 2.65. The van der Waals surface area contributed by atoms with Gasteiger partial charge in [-0.25, -0.2) is 13.1 Å². The highest BCUT2D eigenvalue weighted by Crippen LogP contribution is 2.30. The molecular weight excluding hydrogens is 250 g/mol. The van der Waals surface area contributed by atoms with Crippen LogP contribution in [0.3, 0.4) is 0 Å². The van der Waals surface area contributed by atoms with Gasteiger partial charge in [-0.2, -0.15) is 0 Å². The molecule has 5 nitrogen and oxygen atoms in total. The Morgan fingerprint density at radius 1 is 1.56 bits per heavy atom. The van der Waals surface area contributed by atoms with Crippen LogP contribution in [0.1, 0.15) is 35.8 Å². The Balaban J connectivity index is 2.14. The smallest absolute Gasteiger partial charge is 0.208 e. The lowest BCUT2D eigenvalue weighted by Gasteiger charge is -2.21. The first-order chi connectivity index (χ1) is 8.38. The number of aryl methyl sites for hydroxylation is 1. The van der Waals surface area contributed by atoms with Crippen LogP contribution in [0.2, 0.25) is 0 Å². The summed E-state index contributed by atoms with van der Waals surface area (Å²) in [6.45, 7) is 3.14. The third-order valence-corrected chi connectivity index (χ3v) is 4.21. The Bertz CT molecular complexity index is 534. The highest BCUT2D eigenvalue weighted by atomic mass is 32.2. The van der Waals surface area contributed by atoms with Crippen LogP contribution in [0.4, 0.5) is 0 Å². The number of aromatic nitrogens is 1. The Labute approximate surface area is 108 Å². The molecule has 3 N–H and O–H groups in total. The van der Waals surface area contributed by atoms with E-state index in [0.29, 0.717) is 13.1 Å². The first-order valence-corrected chi connectivity index (χ1v) is 8.17. The van der Waals surface area contributed by atoms with Crippen molar-refractivity contribution in [1.29, 1.82) is 0 Å². The van der Waals surface area contributed by atoms with Gasteiger partial charge in [-0.05, 0) is 37.8 Å². The quantitative estimate of drug-likeness (QED) is 0.845. The Morgan fingerprint density at radius 3 is 2.94 bits per heavy atom. The number of nitrogens with zero attached hydrogens (tertiary/aromatic N) is 1. The van der Waals surface area contributed by atoms with Crippen molar-refractivity contribution in [3.05, 3.63) is 23.0 Å². The van der Waals surface area contributed by atoms with Crippen molar-refractivity contribution >= 4 is 10.0 Å². The van der Waals surface area contributed by atoms with Crippen molar-refractivity contribution < 1.29 is 8.42 Å². The molecule has 0 saturated heterocycles. The Kier molecular flexibility index (Phi) is 3.79. The fourth-order valence-corrected chi connectivity index (χ4v) is 3.12. The second-order valence-electron chi connectivity index (χ2n) is 5.00. The molecule has 0 spiro atoms. The summed E-state index contributed by atoms with van der Waals surface area (Å²) in [4.78, 5) is 0. The number of nitrogens with two attached hydrogens (primary N) is 1. The van der Waals surface area contributed by atoms with Gasteiger partial charge in [0.2, 0.25) is 10.0 Å². The standard InChI is InChI=1S/C12H21N3O2S/c1-9-8-10-11(13)4-3-5-12(10)15(9)7-6-14-18(2,16)17/h8,11,14H,3-7,13H2,1-2H3. The lowest BCUT2D eigenvalue weighted by atomic mass is 9.93. The molecule has 1 atom stereocenters. The van der Waals surface area contributed by atoms with Gasteiger partial charge in [0, 0.05) is 30.5 Å². The van der Waals surface area contributed by atoms with E-state index in [1.807, 2.05) is 6.92 Å². The number of hydrogen-bond acceptors (Lipinski definition) is 3. The molecule has 0 radical (unpaired) electrons. The van der Waals surface area contributed by atoms with Crippen molar-refractivity contribution in [3.63, 3.8) is 0 Å². The Morgan fingerprint density at radius 2 is 2.28 bits per heavy atom. The third-order valence-electron chi connectivity index (χ3n) is 3.48. The van der Waals surface area contributed by atoms with Crippen LogP contribution in [0.25, 0.3) is 0 Å². The predicted octanol–water partition coefficient (Wildman–Crippen LogP) is 0.682. The lowest BCUT2D eigenvalue weighted by Crippen LogP contribution is -2.27. The molecule has 1 heterocycles. The number of fused-ring (bicyclic) bond motifs is 1. The summed E-state index contributed by atoms with van der Waals surface area (Å²) in [6.07, 6.45) is 4.37. The average Bonchev–Trinajstić information content (AvgIpc) is 2.56. The second kappa shape index (κ2) is 5.03. The van der Waals surface area contributed by atoms with Gasteiger partial charge in [0.05, 0.1) is 6.26 Å². The highest BCUT2D eigenvalue weighted by Gasteiger charge is 2.21. The normalized spacial score (nSPS) is 19.8. The zero-order chi connectivity index (χ0) is 13.3. The lowest BCUT2D eigenvalue weighted by molar-refractivity contribution is 0.531. The van der Waals surface area contributed by atoms with Gasteiger partial charge >= 0.3 is 0 Å². The van der Waals surface area contributed by atoms with Gasteiger partial charge in [-0.15, -0.1) is 0 Å². The van der Waals surface area contributed by atoms with Crippen LogP contribution in [-0.2, 0) is 23.0 Å². The number of nitrogens with one attached hydrogen (secondary N) is 1. The summed E-state index contributed by atoms with van der Waals surface area (Å²) in [5.41, 5.74) is 9.78. The van der Waals surface area contributed by atoms with E-state index in [0.717, 1.165) is 25.0 Å². The van der Waals surface area contributed by atoms with Crippen LogP contribution in [0.5, 0.6) is 0 Å². The molecule has 1 aliphatic carbocycles. The number of hydrogen-bond donors (Lipinski definition) is 2. The summed E-state index contributed by atoms with van der Waals surface area (Å²) >= 11 is 0. The molecule has 6 heteroatoms. The van der Waals surface area contributed by atoms with Crippen molar-refractivity contribution in [2.45, 2.75) is 38.8 Å². The molecule has 0 aliphatic heterocycles. The molecule has 0 aromatic carbocycles. The van der Waals surface area contributed by atoms with Gasteiger partial charge in [0.1, 0.15) is 0 Å². The minimum atomic E-state index is -3.11. The van der Waals surface area contributed by atoms with Crippen molar-refractivity contribution in [3.8, 4) is 0 Å². The zero-order valence-electron chi connectivity index (χ0n) is 10.9. The largest absolute Gasteiger partial charge is 0.347 e. The minimum absolute atomic E-state index is 0.136. The summed E-state index contributed by atoms with van der Waals surface area (Å²) in [6, 6.07) is 2.27. The molecular formula is C12H21N3O2S. The molecule has 102 valence electrons. The molecule has 1 unspecified atom stereocenters. The molecule has 0 amide bonds. The van der Waals surface area contributed by atoms with Crippen molar-refractivity contribution in [1.82, 2.24) is 9.29 Å². The molecule has 0 bridgehead atoms. The molecule has 1 aliphatic rings. The monoisotopic (exact) mass is 271 g/mol. The van der Waals surface area contributed by atoms with Gasteiger partial charge in [0.25, 0.3) is 0 Å². The van der Waals surface area contributed by atoms with E-state index in [2.05, 4.69) is 15.4 Å². The van der Waals surface area contributed by atoms with E-state index >= 15 is 0 Å². The van der Waals surface area contributed by atoms with Gasteiger partial charge < -0.3 is 10.3 Å². The maximum absolute atomic E-state index is 11.0. The second-order valence-corrected chi connectivity index (χ2v) is 6.84.